The number of rotatable bonds is 6. The van der Waals surface area contributed by atoms with Crippen molar-refractivity contribution in [2.45, 2.75) is 33.2 Å². The molecule has 1 aromatic heterocycles. The number of Topliss-reactive ketones (excluding diaryl/α,β-unsaturated/α-hetero) is 1. The Labute approximate surface area is 163 Å². The van der Waals surface area contributed by atoms with E-state index in [1.54, 1.807) is 19.1 Å². The quantitative estimate of drug-likeness (QED) is 0.429. The number of esters is 1. The molecule has 0 aliphatic carbocycles. The molecule has 0 amide bonds. The standard InChI is InChI=1S/C22H22ClNO3/c1-4-7-19-21(14(2)25)17-11-10-15(22(26)27-3)12-20(17)24(19)13-16-8-5-6-9-18(16)23/h5-6,8-12H,4,7,13H2,1-3H3. The Morgan fingerprint density at radius 3 is 2.52 bits per heavy atom. The fraction of sp³-hybridized carbons (Fsp3) is 0.273. The third kappa shape index (κ3) is 3.62. The molecule has 0 unspecified atom stereocenters. The normalized spacial score (nSPS) is 11.0. The van der Waals surface area contributed by atoms with Crippen LogP contribution in [0.3, 0.4) is 0 Å². The number of fused-ring (bicyclic) bond motifs is 1. The fourth-order valence-electron chi connectivity index (χ4n) is 3.51. The third-order valence-corrected chi connectivity index (χ3v) is 5.09. The van der Waals surface area contributed by atoms with E-state index in [2.05, 4.69) is 11.5 Å². The minimum Gasteiger partial charge on any atom is -0.465 e. The van der Waals surface area contributed by atoms with Gasteiger partial charge >= 0.3 is 5.97 Å². The molecule has 3 rings (SSSR count). The Balaban J connectivity index is 2.29. The van der Waals surface area contributed by atoms with Gasteiger partial charge in [0.15, 0.2) is 5.78 Å². The average Bonchev–Trinajstić information content (AvgIpc) is 2.96. The number of ketones is 1. The molecule has 4 nitrogen and oxygen atoms in total. The van der Waals surface area contributed by atoms with Crippen LogP contribution in [0.1, 0.15) is 52.2 Å². The number of nitrogens with zero attached hydrogens (tertiary/aromatic N) is 1. The van der Waals surface area contributed by atoms with Gasteiger partial charge in [0, 0.05) is 28.2 Å². The molecule has 0 fully saturated rings. The van der Waals surface area contributed by atoms with Crippen LogP contribution in [0.25, 0.3) is 10.9 Å². The van der Waals surface area contributed by atoms with Crippen molar-refractivity contribution < 1.29 is 14.3 Å². The van der Waals surface area contributed by atoms with Crippen molar-refractivity contribution in [3.63, 3.8) is 0 Å². The van der Waals surface area contributed by atoms with Gasteiger partial charge in [0.2, 0.25) is 0 Å². The van der Waals surface area contributed by atoms with Gasteiger partial charge in [-0.15, -0.1) is 0 Å². The molecule has 27 heavy (non-hydrogen) atoms. The highest BCUT2D eigenvalue weighted by molar-refractivity contribution is 6.31. The maximum Gasteiger partial charge on any atom is 0.337 e. The predicted molar refractivity (Wildman–Crippen MR) is 108 cm³/mol. The zero-order valence-electron chi connectivity index (χ0n) is 15.7. The number of carbonyl (C=O) groups excluding carboxylic acids is 2. The second kappa shape index (κ2) is 7.97. The molecule has 0 bridgehead atoms. The first-order valence-electron chi connectivity index (χ1n) is 8.95. The van der Waals surface area contributed by atoms with Crippen molar-refractivity contribution >= 4 is 34.3 Å². The molecule has 140 valence electrons. The van der Waals surface area contributed by atoms with Crippen LogP contribution >= 0.6 is 11.6 Å². The molecule has 0 saturated heterocycles. The second-order valence-electron chi connectivity index (χ2n) is 6.53. The van der Waals surface area contributed by atoms with E-state index in [1.165, 1.54) is 7.11 Å². The van der Waals surface area contributed by atoms with Crippen molar-refractivity contribution in [1.29, 1.82) is 0 Å². The Kier molecular flexibility index (Phi) is 5.66. The van der Waals surface area contributed by atoms with Gasteiger partial charge < -0.3 is 9.30 Å². The summed E-state index contributed by atoms with van der Waals surface area (Å²) in [5.41, 5.74) is 3.96. The van der Waals surface area contributed by atoms with Gasteiger partial charge in [-0.1, -0.05) is 49.2 Å². The van der Waals surface area contributed by atoms with Crippen LogP contribution in [-0.2, 0) is 17.7 Å². The minimum absolute atomic E-state index is 0.0205. The summed E-state index contributed by atoms with van der Waals surface area (Å²) in [6, 6.07) is 13.0. The number of methoxy groups -OCH3 is 1. The average molecular weight is 384 g/mol. The Morgan fingerprint density at radius 1 is 1.15 bits per heavy atom. The molecule has 0 atom stereocenters. The van der Waals surface area contributed by atoms with Crippen molar-refractivity contribution in [1.82, 2.24) is 4.57 Å². The van der Waals surface area contributed by atoms with Gasteiger partial charge in [-0.25, -0.2) is 4.79 Å². The highest BCUT2D eigenvalue weighted by Crippen LogP contribution is 2.31. The topological polar surface area (TPSA) is 48.3 Å². The molecule has 0 aliphatic rings. The SMILES string of the molecule is CCCc1c(C(C)=O)c2ccc(C(=O)OC)cc2n1Cc1ccccc1Cl. The number of carbonyl (C=O) groups is 2. The number of hydrogen-bond acceptors (Lipinski definition) is 3. The van der Waals surface area contributed by atoms with E-state index in [9.17, 15) is 9.59 Å². The van der Waals surface area contributed by atoms with E-state index in [-0.39, 0.29) is 5.78 Å². The summed E-state index contributed by atoms with van der Waals surface area (Å²) >= 11 is 6.37. The third-order valence-electron chi connectivity index (χ3n) is 4.72. The van der Waals surface area contributed by atoms with Gasteiger partial charge in [0.25, 0.3) is 0 Å². The van der Waals surface area contributed by atoms with Crippen molar-refractivity contribution in [2.75, 3.05) is 7.11 Å². The Hall–Kier alpha value is -2.59. The smallest absolute Gasteiger partial charge is 0.337 e. The van der Waals surface area contributed by atoms with Gasteiger partial charge in [-0.3, -0.25) is 4.79 Å². The van der Waals surface area contributed by atoms with Gasteiger partial charge in [0.1, 0.15) is 0 Å². The first-order chi connectivity index (χ1) is 13.0. The predicted octanol–water partition coefficient (Wildman–Crippen LogP) is 5.28. The molecule has 3 aromatic rings. The highest BCUT2D eigenvalue weighted by Gasteiger charge is 2.21. The summed E-state index contributed by atoms with van der Waals surface area (Å²) in [6.07, 6.45) is 1.67. The van der Waals surface area contributed by atoms with Crippen LogP contribution in [0.2, 0.25) is 5.02 Å². The molecule has 1 heterocycles. The summed E-state index contributed by atoms with van der Waals surface area (Å²) in [6.45, 7) is 4.20. The molecule has 0 saturated carbocycles. The van der Waals surface area contributed by atoms with Crippen LogP contribution in [0.15, 0.2) is 42.5 Å². The van der Waals surface area contributed by atoms with Crippen molar-refractivity contribution in [2.24, 2.45) is 0 Å². The maximum atomic E-state index is 12.4. The molecule has 0 radical (unpaired) electrons. The lowest BCUT2D eigenvalue weighted by Crippen LogP contribution is -2.08. The molecule has 0 N–H and O–H groups in total. The van der Waals surface area contributed by atoms with Crippen LogP contribution in [0.5, 0.6) is 0 Å². The molecule has 5 heteroatoms. The summed E-state index contributed by atoms with van der Waals surface area (Å²) in [4.78, 5) is 24.4. The lowest BCUT2D eigenvalue weighted by atomic mass is 10.0. The zero-order valence-corrected chi connectivity index (χ0v) is 16.5. The van der Waals surface area contributed by atoms with Crippen LogP contribution in [0, 0.1) is 0 Å². The van der Waals surface area contributed by atoms with Crippen molar-refractivity contribution in [3.05, 3.63) is 69.9 Å². The molecule has 0 spiro atoms. The number of aromatic nitrogens is 1. The first-order valence-corrected chi connectivity index (χ1v) is 9.33. The molecule has 2 aromatic carbocycles. The van der Waals surface area contributed by atoms with Crippen LogP contribution < -0.4 is 0 Å². The summed E-state index contributed by atoms with van der Waals surface area (Å²) in [7, 11) is 1.36. The first kappa shape index (κ1) is 19.2. The fourth-order valence-corrected chi connectivity index (χ4v) is 3.71. The number of benzene rings is 2. The van der Waals surface area contributed by atoms with E-state index >= 15 is 0 Å². The molecule has 0 aliphatic heterocycles. The van der Waals surface area contributed by atoms with Crippen LogP contribution in [0.4, 0.5) is 0 Å². The molecular formula is C22H22ClNO3. The molecular weight excluding hydrogens is 362 g/mol. The van der Waals surface area contributed by atoms with Gasteiger partial charge in [-0.2, -0.15) is 0 Å². The Morgan fingerprint density at radius 2 is 1.89 bits per heavy atom. The summed E-state index contributed by atoms with van der Waals surface area (Å²) < 4.78 is 6.96. The van der Waals surface area contributed by atoms with E-state index in [4.69, 9.17) is 16.3 Å². The minimum atomic E-state index is -0.399. The van der Waals surface area contributed by atoms with E-state index < -0.39 is 5.97 Å². The lowest BCUT2D eigenvalue weighted by Gasteiger charge is -2.13. The zero-order chi connectivity index (χ0) is 19.6. The highest BCUT2D eigenvalue weighted by atomic mass is 35.5. The summed E-state index contributed by atoms with van der Waals surface area (Å²) in [5, 5.41) is 1.53. The van der Waals surface area contributed by atoms with Crippen LogP contribution in [-0.4, -0.2) is 23.4 Å². The van der Waals surface area contributed by atoms with Gasteiger partial charge in [0.05, 0.1) is 18.2 Å². The lowest BCUT2D eigenvalue weighted by molar-refractivity contribution is 0.0600. The van der Waals surface area contributed by atoms with E-state index in [0.29, 0.717) is 17.1 Å². The maximum absolute atomic E-state index is 12.4. The number of hydrogen-bond donors (Lipinski definition) is 0. The Bertz CT molecular complexity index is 1020. The largest absolute Gasteiger partial charge is 0.465 e. The number of ether oxygens (including phenoxy) is 1. The monoisotopic (exact) mass is 383 g/mol. The van der Waals surface area contributed by atoms with Gasteiger partial charge in [-0.05, 0) is 37.1 Å². The van der Waals surface area contributed by atoms with E-state index in [0.717, 1.165) is 40.6 Å². The second-order valence-corrected chi connectivity index (χ2v) is 6.94. The number of halogens is 1. The van der Waals surface area contributed by atoms with Crippen molar-refractivity contribution in [3.8, 4) is 0 Å². The summed E-state index contributed by atoms with van der Waals surface area (Å²) in [5.74, 6) is -0.379. The van der Waals surface area contributed by atoms with E-state index in [1.807, 2.05) is 30.3 Å².